The van der Waals surface area contributed by atoms with E-state index in [0.717, 1.165) is 49.7 Å². The number of carbonyl (C=O) groups excluding carboxylic acids is 1. The first-order valence-corrected chi connectivity index (χ1v) is 9.47. The van der Waals surface area contributed by atoms with E-state index in [1.807, 2.05) is 22.7 Å². The number of likely N-dealkylation sites (N-methyl/N-ethyl adjacent to an activating group) is 1. The minimum Gasteiger partial charge on any atom is -0.335 e. The smallest absolute Gasteiger partial charge is 0.274 e. The van der Waals surface area contributed by atoms with Gasteiger partial charge in [0.15, 0.2) is 5.69 Å². The van der Waals surface area contributed by atoms with Gasteiger partial charge in [-0.3, -0.25) is 9.48 Å². The third-order valence-electron chi connectivity index (χ3n) is 4.97. The largest absolute Gasteiger partial charge is 0.335 e. The normalized spacial score (nSPS) is 17.5. The molecule has 4 rings (SSSR count). The Balaban J connectivity index is 1.66. The van der Waals surface area contributed by atoms with E-state index in [2.05, 4.69) is 35.1 Å². The zero-order valence-corrected chi connectivity index (χ0v) is 15.0. The van der Waals surface area contributed by atoms with Gasteiger partial charge >= 0.3 is 0 Å². The maximum Gasteiger partial charge on any atom is 0.274 e. The third-order valence-corrected chi connectivity index (χ3v) is 6.07. The number of nitrogens with zero attached hydrogens (tertiary/aromatic N) is 4. The molecular weight excluding hydrogens is 320 g/mol. The van der Waals surface area contributed by atoms with Gasteiger partial charge in [-0.1, -0.05) is 25.1 Å². The van der Waals surface area contributed by atoms with Crippen LogP contribution >= 0.6 is 11.8 Å². The van der Waals surface area contributed by atoms with Crippen LogP contribution in [0, 0.1) is 0 Å². The Morgan fingerprint density at radius 1 is 1.21 bits per heavy atom. The molecule has 2 aromatic rings. The predicted molar refractivity (Wildman–Crippen MR) is 96.2 cm³/mol. The number of aromatic nitrogens is 2. The number of benzene rings is 1. The Hall–Kier alpha value is -1.79. The van der Waals surface area contributed by atoms with E-state index < -0.39 is 0 Å². The first-order chi connectivity index (χ1) is 11.7. The summed E-state index contributed by atoms with van der Waals surface area (Å²) in [5.74, 6) is 0.901. The Labute approximate surface area is 146 Å². The van der Waals surface area contributed by atoms with Crippen LogP contribution in [0.5, 0.6) is 0 Å². The van der Waals surface area contributed by atoms with Gasteiger partial charge in [-0.2, -0.15) is 5.10 Å². The van der Waals surface area contributed by atoms with Crippen molar-refractivity contribution >= 4 is 17.7 Å². The SMILES string of the molecule is CCN1CCN(C(=O)c2nn(C)c3c2CSc2ccccc2-3)CC1. The van der Waals surface area contributed by atoms with Gasteiger partial charge in [0, 0.05) is 55.0 Å². The number of aryl methyl sites for hydroxylation is 1. The molecule has 0 saturated carbocycles. The quantitative estimate of drug-likeness (QED) is 0.841. The summed E-state index contributed by atoms with van der Waals surface area (Å²) in [6.45, 7) is 6.71. The fourth-order valence-corrected chi connectivity index (χ4v) is 4.64. The Morgan fingerprint density at radius 2 is 1.96 bits per heavy atom. The Morgan fingerprint density at radius 3 is 2.71 bits per heavy atom. The van der Waals surface area contributed by atoms with Crippen LogP contribution in [0.4, 0.5) is 0 Å². The lowest BCUT2D eigenvalue weighted by atomic mass is 10.1. The molecule has 24 heavy (non-hydrogen) atoms. The van der Waals surface area contributed by atoms with E-state index in [9.17, 15) is 4.79 Å². The number of fused-ring (bicyclic) bond motifs is 3. The third kappa shape index (κ3) is 2.54. The summed E-state index contributed by atoms with van der Waals surface area (Å²) in [6.07, 6.45) is 0. The van der Waals surface area contributed by atoms with E-state index in [1.54, 1.807) is 11.8 Å². The molecule has 0 bridgehead atoms. The van der Waals surface area contributed by atoms with Crippen molar-refractivity contribution in [3.63, 3.8) is 0 Å². The molecule has 0 radical (unpaired) electrons. The van der Waals surface area contributed by atoms with Crippen LogP contribution in [-0.4, -0.2) is 58.2 Å². The van der Waals surface area contributed by atoms with Gasteiger partial charge in [0.2, 0.25) is 0 Å². The fraction of sp³-hybridized carbons (Fsp3) is 0.444. The zero-order valence-electron chi connectivity index (χ0n) is 14.2. The van der Waals surface area contributed by atoms with Crippen LogP contribution in [0.3, 0.4) is 0 Å². The number of thioether (sulfide) groups is 1. The highest BCUT2D eigenvalue weighted by Crippen LogP contribution is 2.42. The summed E-state index contributed by atoms with van der Waals surface area (Å²) in [5.41, 5.74) is 4.01. The standard InChI is InChI=1S/C18H22N4OS/c1-3-21-8-10-22(11-9-21)18(23)16-14-12-24-15-7-5-4-6-13(15)17(14)20(2)19-16/h4-7H,3,8-12H2,1-2H3. The second-order valence-corrected chi connectivity index (χ2v) is 7.33. The first kappa shape index (κ1) is 15.7. The number of amides is 1. The molecule has 3 heterocycles. The summed E-state index contributed by atoms with van der Waals surface area (Å²) >= 11 is 1.79. The van der Waals surface area contributed by atoms with E-state index in [-0.39, 0.29) is 5.91 Å². The summed E-state index contributed by atoms with van der Waals surface area (Å²) < 4.78 is 1.88. The summed E-state index contributed by atoms with van der Waals surface area (Å²) in [4.78, 5) is 18.6. The van der Waals surface area contributed by atoms with Gasteiger partial charge in [0.25, 0.3) is 5.91 Å². The van der Waals surface area contributed by atoms with Crippen molar-refractivity contribution < 1.29 is 4.79 Å². The molecule has 6 heteroatoms. The van der Waals surface area contributed by atoms with Crippen LogP contribution in [0.15, 0.2) is 29.2 Å². The monoisotopic (exact) mass is 342 g/mol. The molecule has 1 aromatic carbocycles. The lowest BCUT2D eigenvalue weighted by Gasteiger charge is -2.33. The number of rotatable bonds is 2. The molecule has 5 nitrogen and oxygen atoms in total. The fourth-order valence-electron chi connectivity index (χ4n) is 3.57. The Kier molecular flexibility index (Phi) is 4.10. The highest BCUT2D eigenvalue weighted by Gasteiger charge is 2.30. The van der Waals surface area contributed by atoms with Gasteiger partial charge in [-0.25, -0.2) is 0 Å². The van der Waals surface area contributed by atoms with Crippen molar-refractivity contribution in [1.82, 2.24) is 19.6 Å². The van der Waals surface area contributed by atoms with Crippen LogP contribution < -0.4 is 0 Å². The highest BCUT2D eigenvalue weighted by atomic mass is 32.2. The highest BCUT2D eigenvalue weighted by molar-refractivity contribution is 7.98. The predicted octanol–water partition coefficient (Wildman–Crippen LogP) is 2.47. The van der Waals surface area contributed by atoms with Crippen molar-refractivity contribution in [3.05, 3.63) is 35.5 Å². The van der Waals surface area contributed by atoms with Crippen molar-refractivity contribution in [1.29, 1.82) is 0 Å². The van der Waals surface area contributed by atoms with Crippen LogP contribution in [-0.2, 0) is 12.8 Å². The molecule has 126 valence electrons. The van der Waals surface area contributed by atoms with E-state index in [0.29, 0.717) is 5.69 Å². The number of hydrogen-bond donors (Lipinski definition) is 0. The van der Waals surface area contributed by atoms with E-state index >= 15 is 0 Å². The minimum atomic E-state index is 0.0857. The lowest BCUT2D eigenvalue weighted by Crippen LogP contribution is -2.48. The van der Waals surface area contributed by atoms with Crippen molar-refractivity contribution in [2.45, 2.75) is 17.6 Å². The molecule has 1 fully saturated rings. The minimum absolute atomic E-state index is 0.0857. The molecule has 0 unspecified atom stereocenters. The topological polar surface area (TPSA) is 41.4 Å². The maximum absolute atomic E-state index is 13.0. The molecule has 2 aliphatic rings. The summed E-state index contributed by atoms with van der Waals surface area (Å²) in [5, 5.41) is 4.60. The maximum atomic E-state index is 13.0. The second-order valence-electron chi connectivity index (χ2n) is 6.31. The molecule has 1 aromatic heterocycles. The van der Waals surface area contributed by atoms with E-state index in [4.69, 9.17) is 0 Å². The molecular formula is C18H22N4OS. The lowest BCUT2D eigenvalue weighted by molar-refractivity contribution is 0.0636. The number of carbonyl (C=O) groups is 1. The molecule has 0 atom stereocenters. The van der Waals surface area contributed by atoms with Gasteiger partial charge in [0.1, 0.15) is 0 Å². The van der Waals surface area contributed by atoms with Gasteiger partial charge < -0.3 is 9.80 Å². The summed E-state index contributed by atoms with van der Waals surface area (Å²) in [7, 11) is 1.94. The van der Waals surface area contributed by atoms with Crippen molar-refractivity contribution in [3.8, 4) is 11.3 Å². The number of hydrogen-bond acceptors (Lipinski definition) is 4. The molecule has 0 N–H and O–H groups in total. The van der Waals surface area contributed by atoms with Crippen LogP contribution in [0.25, 0.3) is 11.3 Å². The average molecular weight is 342 g/mol. The molecule has 0 aliphatic carbocycles. The molecule has 1 amide bonds. The Bertz CT molecular complexity index is 777. The van der Waals surface area contributed by atoms with Gasteiger partial charge in [-0.05, 0) is 12.6 Å². The van der Waals surface area contributed by atoms with Gasteiger partial charge in [-0.15, -0.1) is 11.8 Å². The summed E-state index contributed by atoms with van der Waals surface area (Å²) in [6, 6.07) is 8.37. The molecule has 0 spiro atoms. The first-order valence-electron chi connectivity index (χ1n) is 8.48. The number of piperazine rings is 1. The average Bonchev–Trinajstić information content (AvgIpc) is 2.98. The van der Waals surface area contributed by atoms with E-state index in [1.165, 1.54) is 10.5 Å². The molecule has 1 saturated heterocycles. The van der Waals surface area contributed by atoms with Crippen LogP contribution in [0.2, 0.25) is 0 Å². The van der Waals surface area contributed by atoms with Crippen molar-refractivity contribution in [2.24, 2.45) is 7.05 Å². The van der Waals surface area contributed by atoms with Gasteiger partial charge in [0.05, 0.1) is 5.69 Å². The molecule has 2 aliphatic heterocycles. The zero-order chi connectivity index (χ0) is 16.7. The van der Waals surface area contributed by atoms with Crippen molar-refractivity contribution in [2.75, 3.05) is 32.7 Å². The van der Waals surface area contributed by atoms with Crippen LogP contribution in [0.1, 0.15) is 23.0 Å². The second kappa shape index (κ2) is 6.26.